The van der Waals surface area contributed by atoms with Gasteiger partial charge in [-0.2, -0.15) is 0 Å². The van der Waals surface area contributed by atoms with E-state index in [0.717, 1.165) is 18.6 Å². The average molecular weight is 345 g/mol. The van der Waals surface area contributed by atoms with Gasteiger partial charge in [0.2, 0.25) is 5.91 Å². The number of aromatic nitrogens is 1. The van der Waals surface area contributed by atoms with Crippen LogP contribution < -0.4 is 11.1 Å². The fourth-order valence-corrected chi connectivity index (χ4v) is 3.61. The molecule has 1 aliphatic rings. The quantitative estimate of drug-likeness (QED) is 0.835. The van der Waals surface area contributed by atoms with Crippen molar-refractivity contribution in [3.05, 3.63) is 34.8 Å². The maximum Gasteiger partial charge on any atom is 0.419 e. The van der Waals surface area contributed by atoms with E-state index in [2.05, 4.69) is 24.1 Å². The van der Waals surface area contributed by atoms with Crippen LogP contribution in [0.1, 0.15) is 33.1 Å². The molecule has 136 valence electrons. The van der Waals surface area contributed by atoms with Crippen molar-refractivity contribution in [2.75, 3.05) is 19.6 Å². The van der Waals surface area contributed by atoms with Crippen LogP contribution >= 0.6 is 0 Å². The number of benzene rings is 1. The second-order valence-corrected chi connectivity index (χ2v) is 7.10. The summed E-state index contributed by atoms with van der Waals surface area (Å²) in [5, 5.41) is 3.04. The van der Waals surface area contributed by atoms with Crippen LogP contribution in [0.3, 0.4) is 0 Å². The Labute approximate surface area is 147 Å². The Morgan fingerprint density at radius 1 is 1.24 bits per heavy atom. The first-order chi connectivity index (χ1) is 12.1. The van der Waals surface area contributed by atoms with Gasteiger partial charge in [0.1, 0.15) is 0 Å². The SMILES string of the molecule is CC(C)[C@H](CNC(=O)CCn1c(=O)oc2ccccc21)N1CCCC1. The molecule has 0 radical (unpaired) electrons. The lowest BCUT2D eigenvalue weighted by molar-refractivity contribution is -0.121. The molecule has 0 spiro atoms. The van der Waals surface area contributed by atoms with E-state index in [9.17, 15) is 9.59 Å². The highest BCUT2D eigenvalue weighted by atomic mass is 16.4. The third-order valence-corrected chi connectivity index (χ3v) is 5.02. The lowest BCUT2D eigenvalue weighted by Crippen LogP contribution is -2.45. The first-order valence-corrected chi connectivity index (χ1v) is 9.15. The number of nitrogens with zero attached hydrogens (tertiary/aromatic N) is 2. The number of fused-ring (bicyclic) bond motifs is 1. The van der Waals surface area contributed by atoms with Crippen LogP contribution in [0.2, 0.25) is 0 Å². The van der Waals surface area contributed by atoms with Gasteiger partial charge in [0.15, 0.2) is 5.58 Å². The van der Waals surface area contributed by atoms with E-state index >= 15 is 0 Å². The number of hydrogen-bond acceptors (Lipinski definition) is 4. The summed E-state index contributed by atoms with van der Waals surface area (Å²) in [5.74, 6) is 0.0620. The predicted molar refractivity (Wildman–Crippen MR) is 97.5 cm³/mol. The Morgan fingerprint density at radius 3 is 2.68 bits per heavy atom. The molecule has 1 aromatic heterocycles. The number of carbonyl (C=O) groups is 1. The van der Waals surface area contributed by atoms with Crippen molar-refractivity contribution in [3.63, 3.8) is 0 Å². The summed E-state index contributed by atoms with van der Waals surface area (Å²) in [6, 6.07) is 7.66. The minimum atomic E-state index is -0.411. The Balaban J connectivity index is 1.55. The Bertz CT molecular complexity index is 772. The van der Waals surface area contributed by atoms with E-state index in [0.29, 0.717) is 30.6 Å². The molecule has 3 rings (SSSR count). The first kappa shape index (κ1) is 17.7. The third-order valence-electron chi connectivity index (χ3n) is 5.02. The monoisotopic (exact) mass is 345 g/mol. The molecule has 25 heavy (non-hydrogen) atoms. The standard InChI is InChI=1S/C19H27N3O3/c1-14(2)16(21-10-5-6-11-21)13-20-18(23)9-12-22-15-7-3-4-8-17(15)25-19(22)24/h3-4,7-8,14,16H,5-6,9-13H2,1-2H3,(H,20,23)/t16-/m0/s1. The number of rotatable bonds is 7. The average Bonchev–Trinajstić information content (AvgIpc) is 3.20. The number of aryl methyl sites for hydroxylation is 1. The summed E-state index contributed by atoms with van der Waals surface area (Å²) < 4.78 is 6.72. The molecule has 0 unspecified atom stereocenters. The van der Waals surface area contributed by atoms with E-state index in [-0.39, 0.29) is 12.3 Å². The van der Waals surface area contributed by atoms with Crippen molar-refractivity contribution < 1.29 is 9.21 Å². The molecular formula is C19H27N3O3. The second-order valence-electron chi connectivity index (χ2n) is 7.10. The van der Waals surface area contributed by atoms with Gasteiger partial charge in [0.05, 0.1) is 5.52 Å². The van der Waals surface area contributed by atoms with Crippen molar-refractivity contribution in [2.45, 2.75) is 45.7 Å². The van der Waals surface area contributed by atoms with Gasteiger partial charge in [0, 0.05) is 25.6 Å². The van der Waals surface area contributed by atoms with Crippen LogP contribution in [0.4, 0.5) is 0 Å². The van der Waals surface area contributed by atoms with Gasteiger partial charge in [-0.3, -0.25) is 14.3 Å². The lowest BCUT2D eigenvalue weighted by atomic mass is 10.0. The molecule has 1 amide bonds. The molecule has 6 heteroatoms. The fourth-order valence-electron chi connectivity index (χ4n) is 3.61. The molecule has 1 N–H and O–H groups in total. The van der Waals surface area contributed by atoms with Crippen molar-refractivity contribution >= 4 is 17.0 Å². The van der Waals surface area contributed by atoms with Crippen LogP contribution in [0.25, 0.3) is 11.1 Å². The second kappa shape index (κ2) is 7.87. The molecule has 1 aliphatic heterocycles. The highest BCUT2D eigenvalue weighted by Gasteiger charge is 2.24. The van der Waals surface area contributed by atoms with Gasteiger partial charge < -0.3 is 9.73 Å². The van der Waals surface area contributed by atoms with Gasteiger partial charge in [0.25, 0.3) is 0 Å². The highest BCUT2D eigenvalue weighted by molar-refractivity contribution is 5.76. The summed E-state index contributed by atoms with van der Waals surface area (Å²) in [6.07, 6.45) is 2.76. The minimum absolute atomic E-state index is 0.0259. The highest BCUT2D eigenvalue weighted by Crippen LogP contribution is 2.17. The van der Waals surface area contributed by atoms with Crippen LogP contribution in [0.15, 0.2) is 33.5 Å². The van der Waals surface area contributed by atoms with E-state index in [1.165, 1.54) is 17.4 Å². The molecule has 1 fully saturated rings. The van der Waals surface area contributed by atoms with E-state index < -0.39 is 5.76 Å². The Hall–Kier alpha value is -2.08. The maximum atomic E-state index is 12.3. The molecule has 0 aliphatic carbocycles. The van der Waals surface area contributed by atoms with E-state index in [4.69, 9.17) is 4.42 Å². The van der Waals surface area contributed by atoms with Gasteiger partial charge in [-0.25, -0.2) is 4.79 Å². The van der Waals surface area contributed by atoms with Crippen LogP contribution in [-0.2, 0) is 11.3 Å². The normalized spacial score (nSPS) is 16.6. The number of amides is 1. The molecule has 1 saturated heterocycles. The zero-order valence-corrected chi connectivity index (χ0v) is 15.0. The third kappa shape index (κ3) is 4.12. The minimum Gasteiger partial charge on any atom is -0.408 e. The van der Waals surface area contributed by atoms with Crippen molar-refractivity contribution in [1.29, 1.82) is 0 Å². The zero-order valence-electron chi connectivity index (χ0n) is 15.0. The summed E-state index contributed by atoms with van der Waals surface area (Å²) in [5.41, 5.74) is 1.29. The lowest BCUT2D eigenvalue weighted by Gasteiger charge is -2.31. The fraction of sp³-hybridized carbons (Fsp3) is 0.579. The van der Waals surface area contributed by atoms with Crippen LogP contribution in [-0.4, -0.2) is 41.1 Å². The van der Waals surface area contributed by atoms with Crippen LogP contribution in [0.5, 0.6) is 0 Å². The van der Waals surface area contributed by atoms with Gasteiger partial charge in [-0.05, 0) is 44.0 Å². The Kier molecular flexibility index (Phi) is 5.58. The summed E-state index contributed by atoms with van der Waals surface area (Å²) in [7, 11) is 0. The van der Waals surface area contributed by atoms with Crippen molar-refractivity contribution in [2.24, 2.45) is 5.92 Å². The summed E-state index contributed by atoms with van der Waals surface area (Å²) >= 11 is 0. The van der Waals surface area contributed by atoms with E-state index in [1.54, 1.807) is 6.07 Å². The maximum absolute atomic E-state index is 12.3. The zero-order chi connectivity index (χ0) is 17.8. The summed E-state index contributed by atoms with van der Waals surface area (Å²) in [6.45, 7) is 7.64. The Morgan fingerprint density at radius 2 is 1.96 bits per heavy atom. The number of para-hydroxylation sites is 2. The number of oxazole rings is 1. The largest absolute Gasteiger partial charge is 0.419 e. The number of nitrogens with one attached hydrogen (secondary N) is 1. The summed E-state index contributed by atoms with van der Waals surface area (Å²) in [4.78, 5) is 26.7. The number of likely N-dealkylation sites (tertiary alicyclic amines) is 1. The van der Waals surface area contributed by atoms with Gasteiger partial charge in [-0.1, -0.05) is 26.0 Å². The smallest absolute Gasteiger partial charge is 0.408 e. The number of carbonyl (C=O) groups excluding carboxylic acids is 1. The van der Waals surface area contributed by atoms with Gasteiger partial charge >= 0.3 is 5.76 Å². The molecular weight excluding hydrogens is 318 g/mol. The van der Waals surface area contributed by atoms with E-state index in [1.807, 2.05) is 18.2 Å². The molecule has 1 atom stereocenters. The molecule has 0 saturated carbocycles. The molecule has 2 aromatic rings. The van der Waals surface area contributed by atoms with Crippen LogP contribution in [0, 0.1) is 5.92 Å². The first-order valence-electron chi connectivity index (χ1n) is 9.15. The van der Waals surface area contributed by atoms with Crippen molar-refractivity contribution in [1.82, 2.24) is 14.8 Å². The molecule has 6 nitrogen and oxygen atoms in total. The molecule has 1 aromatic carbocycles. The molecule has 2 heterocycles. The van der Waals surface area contributed by atoms with Gasteiger partial charge in [-0.15, -0.1) is 0 Å². The topological polar surface area (TPSA) is 67.5 Å². The predicted octanol–water partition coefficient (Wildman–Crippen LogP) is 2.22. The molecule has 0 bridgehead atoms. The number of hydrogen-bond donors (Lipinski definition) is 1. The van der Waals surface area contributed by atoms with Crippen molar-refractivity contribution in [3.8, 4) is 0 Å².